The number of halogens is 6. The van der Waals surface area contributed by atoms with Crippen LogP contribution in [0.5, 0.6) is 0 Å². The van der Waals surface area contributed by atoms with Crippen molar-refractivity contribution in [1.82, 2.24) is 9.13 Å². The van der Waals surface area contributed by atoms with Gasteiger partial charge in [0.2, 0.25) is 0 Å². The van der Waals surface area contributed by atoms with Crippen molar-refractivity contribution in [1.29, 1.82) is 10.5 Å². The van der Waals surface area contributed by atoms with Gasteiger partial charge in [0.1, 0.15) is 12.1 Å². The van der Waals surface area contributed by atoms with Crippen molar-refractivity contribution in [2.24, 2.45) is 0 Å². The minimum absolute atomic E-state index is 0.133. The Morgan fingerprint density at radius 1 is 0.545 bits per heavy atom. The molecule has 0 saturated carbocycles. The Morgan fingerprint density at radius 3 is 1.77 bits per heavy atom. The van der Waals surface area contributed by atoms with Gasteiger partial charge in [-0.25, -0.2) is 0 Å². The number of aromatic nitrogens is 2. The first-order chi connectivity index (χ1) is 21.0. The molecule has 0 N–H and O–H groups in total. The largest absolute Gasteiger partial charge is 0.418 e. The van der Waals surface area contributed by atoms with Gasteiger partial charge in [0.05, 0.1) is 55.7 Å². The summed E-state index contributed by atoms with van der Waals surface area (Å²) in [6.45, 7) is 0. The lowest BCUT2D eigenvalue weighted by molar-refractivity contribution is -0.142. The van der Waals surface area contributed by atoms with Gasteiger partial charge in [-0.2, -0.15) is 36.9 Å². The van der Waals surface area contributed by atoms with Crippen LogP contribution in [0.15, 0.2) is 97.1 Å². The highest BCUT2D eigenvalue weighted by Crippen LogP contribution is 2.45. The van der Waals surface area contributed by atoms with Crippen molar-refractivity contribution in [2.45, 2.75) is 12.4 Å². The average molecular weight is 595 g/mol. The standard InChI is InChI=1S/C34H16F6N4/c35-33(36,37)21-12-14-28(25(16-21)34(38,39)40)43-27-11-4-2-9-24(27)30-29(43)15-13-23-22-8-1-3-10-26(22)44(32(23)30)31-19(17-41)6-5-7-20(31)18-42/h1-16H. The monoisotopic (exact) mass is 594 g/mol. The number of nitrogens with zero attached hydrogens (tertiary/aromatic N) is 4. The van der Waals surface area contributed by atoms with Gasteiger partial charge in [-0.3, -0.25) is 0 Å². The molecule has 0 bridgehead atoms. The predicted octanol–water partition coefficient (Wildman–Crippen LogP) is 9.66. The summed E-state index contributed by atoms with van der Waals surface area (Å²) < 4.78 is 86.9. The minimum Gasteiger partial charge on any atom is -0.309 e. The molecule has 0 aliphatic heterocycles. The normalized spacial score (nSPS) is 12.3. The van der Waals surface area contributed by atoms with Crippen molar-refractivity contribution in [3.8, 4) is 23.5 Å². The Balaban J connectivity index is 1.72. The van der Waals surface area contributed by atoms with E-state index in [0.29, 0.717) is 44.6 Å². The first-order valence-corrected chi connectivity index (χ1v) is 13.2. The maximum Gasteiger partial charge on any atom is 0.418 e. The van der Waals surface area contributed by atoms with Crippen LogP contribution in [0, 0.1) is 22.7 Å². The number of hydrogen-bond donors (Lipinski definition) is 0. The lowest BCUT2D eigenvalue weighted by atomic mass is 10.1. The quantitative estimate of drug-likeness (QED) is 0.187. The zero-order valence-corrected chi connectivity index (χ0v) is 22.3. The van der Waals surface area contributed by atoms with Crippen molar-refractivity contribution < 1.29 is 26.3 Å². The van der Waals surface area contributed by atoms with E-state index in [-0.39, 0.29) is 17.2 Å². The Labute approximate surface area is 244 Å². The van der Waals surface area contributed by atoms with E-state index in [4.69, 9.17) is 0 Å². The molecule has 44 heavy (non-hydrogen) atoms. The SMILES string of the molecule is N#Cc1cccc(C#N)c1-n1c2ccccc2c2ccc3c(c4ccccc4n3-c3ccc(C(F)(F)F)cc3C(F)(F)F)c21. The molecule has 214 valence electrons. The summed E-state index contributed by atoms with van der Waals surface area (Å²) in [4.78, 5) is 0. The van der Waals surface area contributed by atoms with Crippen LogP contribution in [-0.2, 0) is 12.4 Å². The first-order valence-electron chi connectivity index (χ1n) is 13.2. The first kappa shape index (κ1) is 27.1. The molecule has 0 spiro atoms. The van der Waals surface area contributed by atoms with Crippen LogP contribution in [-0.4, -0.2) is 9.13 Å². The molecule has 0 aliphatic rings. The molecule has 4 nitrogen and oxygen atoms in total. The van der Waals surface area contributed by atoms with Gasteiger partial charge in [0, 0.05) is 21.5 Å². The Bertz CT molecular complexity index is 2360. The van der Waals surface area contributed by atoms with Crippen LogP contribution in [0.2, 0.25) is 0 Å². The number of para-hydroxylation sites is 3. The number of hydrogen-bond acceptors (Lipinski definition) is 2. The van der Waals surface area contributed by atoms with E-state index in [1.54, 1.807) is 65.2 Å². The van der Waals surface area contributed by atoms with Gasteiger partial charge in [0.15, 0.2) is 0 Å². The Hall–Kier alpha value is -5.74. The fourth-order valence-corrected chi connectivity index (χ4v) is 6.10. The molecule has 7 aromatic rings. The molecule has 2 aromatic heterocycles. The summed E-state index contributed by atoms with van der Waals surface area (Å²) in [5, 5.41) is 22.6. The number of fused-ring (bicyclic) bond motifs is 7. The fourth-order valence-electron chi connectivity index (χ4n) is 6.10. The Kier molecular flexibility index (Phi) is 5.78. The summed E-state index contributed by atoms with van der Waals surface area (Å²) >= 11 is 0. The molecule has 0 radical (unpaired) electrons. The maximum atomic E-state index is 14.4. The number of alkyl halides is 6. The van der Waals surface area contributed by atoms with Crippen molar-refractivity contribution >= 4 is 43.6 Å². The summed E-state index contributed by atoms with van der Waals surface area (Å²) in [7, 11) is 0. The van der Waals surface area contributed by atoms with Crippen LogP contribution >= 0.6 is 0 Å². The average Bonchev–Trinajstić information content (AvgIpc) is 3.52. The highest BCUT2D eigenvalue weighted by atomic mass is 19.4. The van der Waals surface area contributed by atoms with E-state index < -0.39 is 29.2 Å². The molecule has 0 amide bonds. The molecular formula is C34H16F6N4. The van der Waals surface area contributed by atoms with E-state index in [1.807, 2.05) is 18.2 Å². The third-order valence-corrected chi connectivity index (χ3v) is 7.84. The second-order valence-electron chi connectivity index (χ2n) is 10.2. The zero-order chi connectivity index (χ0) is 31.0. The molecule has 0 fully saturated rings. The third kappa shape index (κ3) is 3.85. The Morgan fingerprint density at radius 2 is 1.16 bits per heavy atom. The molecule has 0 saturated heterocycles. The number of rotatable bonds is 2. The van der Waals surface area contributed by atoms with Crippen LogP contribution in [0.4, 0.5) is 26.3 Å². The molecule has 0 atom stereocenters. The number of benzene rings is 5. The van der Waals surface area contributed by atoms with Gasteiger partial charge in [-0.05, 0) is 48.5 Å². The van der Waals surface area contributed by atoms with Crippen LogP contribution < -0.4 is 0 Å². The van der Waals surface area contributed by atoms with E-state index in [0.717, 1.165) is 16.8 Å². The highest BCUT2D eigenvalue weighted by Gasteiger charge is 2.39. The lowest BCUT2D eigenvalue weighted by Crippen LogP contribution is -2.14. The highest BCUT2D eigenvalue weighted by molar-refractivity contribution is 6.26. The van der Waals surface area contributed by atoms with Crippen LogP contribution in [0.3, 0.4) is 0 Å². The van der Waals surface area contributed by atoms with Gasteiger partial charge in [-0.1, -0.05) is 48.5 Å². The van der Waals surface area contributed by atoms with Crippen LogP contribution in [0.25, 0.3) is 55.0 Å². The van der Waals surface area contributed by atoms with E-state index >= 15 is 0 Å². The smallest absolute Gasteiger partial charge is 0.309 e. The molecule has 0 unspecified atom stereocenters. The molecule has 10 heteroatoms. The number of nitriles is 2. The van der Waals surface area contributed by atoms with Crippen molar-refractivity contribution in [2.75, 3.05) is 0 Å². The predicted molar refractivity (Wildman–Crippen MR) is 155 cm³/mol. The van der Waals surface area contributed by atoms with Crippen molar-refractivity contribution in [3.63, 3.8) is 0 Å². The minimum atomic E-state index is -5.10. The van der Waals surface area contributed by atoms with E-state index in [1.165, 1.54) is 4.57 Å². The molecule has 0 aliphatic carbocycles. The second kappa shape index (κ2) is 9.38. The summed E-state index contributed by atoms with van der Waals surface area (Å²) in [6.07, 6.45) is -10.1. The maximum absolute atomic E-state index is 14.4. The summed E-state index contributed by atoms with van der Waals surface area (Å²) in [5.74, 6) is 0. The van der Waals surface area contributed by atoms with Crippen molar-refractivity contribution in [3.05, 3.63) is 119 Å². The lowest BCUT2D eigenvalue weighted by Gasteiger charge is -2.18. The van der Waals surface area contributed by atoms with Crippen LogP contribution in [0.1, 0.15) is 22.3 Å². The van der Waals surface area contributed by atoms with E-state index in [2.05, 4.69) is 12.1 Å². The van der Waals surface area contributed by atoms with Gasteiger partial charge in [0.25, 0.3) is 0 Å². The molecule has 5 aromatic carbocycles. The molecular weight excluding hydrogens is 578 g/mol. The second-order valence-corrected chi connectivity index (χ2v) is 10.2. The van der Waals surface area contributed by atoms with Gasteiger partial charge in [-0.15, -0.1) is 0 Å². The summed E-state index contributed by atoms with van der Waals surface area (Å²) in [5.41, 5.74) is -0.704. The third-order valence-electron chi connectivity index (χ3n) is 7.84. The molecule has 7 rings (SSSR count). The topological polar surface area (TPSA) is 57.4 Å². The summed E-state index contributed by atoms with van der Waals surface area (Å²) in [6, 6.07) is 28.1. The van der Waals surface area contributed by atoms with E-state index in [9.17, 15) is 36.9 Å². The molecule has 2 heterocycles. The van der Waals surface area contributed by atoms with Gasteiger partial charge < -0.3 is 9.13 Å². The van der Waals surface area contributed by atoms with Gasteiger partial charge >= 0.3 is 12.4 Å². The fraction of sp³-hybridized carbons (Fsp3) is 0.0588. The zero-order valence-electron chi connectivity index (χ0n) is 22.3.